The van der Waals surface area contributed by atoms with E-state index in [4.69, 9.17) is 16.7 Å². The molecule has 27 heavy (non-hydrogen) atoms. The summed E-state index contributed by atoms with van der Waals surface area (Å²) in [5, 5.41) is 8.59. The molecule has 2 aromatic rings. The van der Waals surface area contributed by atoms with Crippen molar-refractivity contribution in [3.63, 3.8) is 0 Å². The van der Waals surface area contributed by atoms with Crippen LogP contribution in [-0.2, 0) is 14.8 Å². The molecule has 1 amide bonds. The molecule has 0 saturated carbocycles. The van der Waals surface area contributed by atoms with E-state index in [9.17, 15) is 13.2 Å². The van der Waals surface area contributed by atoms with Crippen molar-refractivity contribution in [1.82, 2.24) is 9.88 Å². The van der Waals surface area contributed by atoms with Crippen LogP contribution in [0.4, 0.5) is 5.69 Å². The summed E-state index contributed by atoms with van der Waals surface area (Å²) in [5.74, 6) is -0.990. The van der Waals surface area contributed by atoms with E-state index in [1.54, 1.807) is 29.4 Å². The molecule has 3 heterocycles. The van der Waals surface area contributed by atoms with Gasteiger partial charge in [0.15, 0.2) is 0 Å². The summed E-state index contributed by atoms with van der Waals surface area (Å²) in [6.45, 7) is 1.51. The number of thiophene rings is 1. The van der Waals surface area contributed by atoms with Gasteiger partial charge in [0, 0.05) is 42.6 Å². The Hall–Kier alpha value is -1.94. The minimum Gasteiger partial charge on any atom is -0.383 e. The number of primary sulfonamides is 1. The second kappa shape index (κ2) is 8.39. The Morgan fingerprint density at radius 2 is 2.11 bits per heavy atom. The predicted octanol–water partition coefficient (Wildman–Crippen LogP) is 2.39. The highest BCUT2D eigenvalue weighted by Crippen LogP contribution is 2.31. The van der Waals surface area contributed by atoms with Crippen molar-refractivity contribution in [2.24, 2.45) is 11.1 Å². The number of halogens is 1. The summed E-state index contributed by atoms with van der Waals surface area (Å²) in [5.41, 5.74) is 0.910. The molecule has 3 rings (SSSR count). The van der Waals surface area contributed by atoms with Crippen molar-refractivity contribution in [1.29, 1.82) is 0 Å². The third-order valence-electron chi connectivity index (χ3n) is 4.24. The molecule has 1 aliphatic rings. The fourth-order valence-corrected chi connectivity index (χ4v) is 4.95. The average molecular weight is 427 g/mol. The molecule has 0 bridgehead atoms. The molecule has 1 aliphatic heterocycles. The summed E-state index contributed by atoms with van der Waals surface area (Å²) in [7, 11) is -4.00. The van der Waals surface area contributed by atoms with Gasteiger partial charge in [-0.1, -0.05) is 11.6 Å². The zero-order valence-corrected chi connectivity index (χ0v) is 16.7. The fourth-order valence-electron chi connectivity index (χ4n) is 2.96. The first kappa shape index (κ1) is 19.8. The number of likely N-dealkylation sites (tertiary alicyclic amines) is 1. The molecule has 0 aromatic carbocycles. The SMILES string of the molecule is NS(=O)(=O)C(=Cc1ccc(Cl)s1)C1CCN(CCNc2ccncc2)C1=O. The topological polar surface area (TPSA) is 105 Å². The first-order valence-corrected chi connectivity index (χ1v) is 11.0. The lowest BCUT2D eigenvalue weighted by Gasteiger charge is -2.18. The summed E-state index contributed by atoms with van der Waals surface area (Å²) >= 11 is 7.13. The maximum atomic E-state index is 12.7. The number of nitrogens with one attached hydrogen (secondary N) is 1. The third kappa shape index (κ3) is 5.07. The Morgan fingerprint density at radius 1 is 1.37 bits per heavy atom. The summed E-state index contributed by atoms with van der Waals surface area (Å²) in [6.07, 6.45) is 5.22. The highest BCUT2D eigenvalue weighted by Gasteiger charge is 2.38. The number of hydrogen-bond acceptors (Lipinski definition) is 6. The summed E-state index contributed by atoms with van der Waals surface area (Å²) < 4.78 is 24.7. The standard InChI is InChI=1S/C17H19ClN4O3S2/c18-16-2-1-13(26-16)11-15(27(19,24)25)14-5-9-22(17(14)23)10-8-21-12-3-6-20-7-4-12/h1-4,6-7,11,14H,5,8-10H2,(H,20,21)(H2,19,24,25). The Kier molecular flexibility index (Phi) is 6.15. The van der Waals surface area contributed by atoms with Crippen molar-refractivity contribution in [2.75, 3.05) is 25.0 Å². The Labute approximate surface area is 166 Å². The van der Waals surface area contributed by atoms with E-state index in [-0.39, 0.29) is 10.8 Å². The lowest BCUT2D eigenvalue weighted by atomic mass is 10.1. The van der Waals surface area contributed by atoms with Gasteiger partial charge in [-0.2, -0.15) is 0 Å². The summed E-state index contributed by atoms with van der Waals surface area (Å²) in [4.78, 5) is 18.9. The average Bonchev–Trinajstić information content (AvgIpc) is 3.19. The lowest BCUT2D eigenvalue weighted by Crippen LogP contribution is -2.33. The third-order valence-corrected chi connectivity index (χ3v) is 6.48. The van der Waals surface area contributed by atoms with E-state index >= 15 is 0 Å². The predicted molar refractivity (Wildman–Crippen MR) is 108 cm³/mol. The normalized spacial score (nSPS) is 18.1. The maximum absolute atomic E-state index is 12.7. The molecular formula is C17H19ClN4O3S2. The molecular weight excluding hydrogens is 408 g/mol. The van der Waals surface area contributed by atoms with Crippen LogP contribution >= 0.6 is 22.9 Å². The largest absolute Gasteiger partial charge is 0.383 e. The molecule has 3 N–H and O–H groups in total. The van der Waals surface area contributed by atoms with Gasteiger partial charge in [0.1, 0.15) is 0 Å². The molecule has 0 aliphatic carbocycles. The highest BCUT2D eigenvalue weighted by atomic mass is 35.5. The van der Waals surface area contributed by atoms with Crippen LogP contribution in [0.1, 0.15) is 11.3 Å². The molecule has 144 valence electrons. The smallest absolute Gasteiger partial charge is 0.235 e. The lowest BCUT2D eigenvalue weighted by molar-refractivity contribution is -0.129. The number of sulfonamides is 1. The number of hydrogen-bond donors (Lipinski definition) is 2. The van der Waals surface area contributed by atoms with Crippen LogP contribution in [0, 0.1) is 5.92 Å². The fraction of sp³-hybridized carbons (Fsp3) is 0.294. The van der Waals surface area contributed by atoms with Crippen LogP contribution in [0.2, 0.25) is 4.34 Å². The quantitative estimate of drug-likeness (QED) is 0.707. The van der Waals surface area contributed by atoms with Gasteiger partial charge in [-0.05, 0) is 36.8 Å². The van der Waals surface area contributed by atoms with E-state index < -0.39 is 15.9 Å². The van der Waals surface area contributed by atoms with Crippen LogP contribution < -0.4 is 10.5 Å². The second-order valence-corrected chi connectivity index (χ2v) is 9.37. The number of anilines is 1. The van der Waals surface area contributed by atoms with Gasteiger partial charge in [-0.15, -0.1) is 11.3 Å². The zero-order chi connectivity index (χ0) is 19.4. The first-order valence-electron chi connectivity index (χ1n) is 8.27. The Morgan fingerprint density at radius 3 is 2.74 bits per heavy atom. The van der Waals surface area contributed by atoms with Gasteiger partial charge in [0.25, 0.3) is 0 Å². The number of nitrogens with two attached hydrogens (primary N) is 1. The van der Waals surface area contributed by atoms with E-state index in [0.29, 0.717) is 35.3 Å². The van der Waals surface area contributed by atoms with Gasteiger partial charge in [-0.3, -0.25) is 9.78 Å². The molecule has 1 atom stereocenters. The number of carbonyl (C=O) groups is 1. The van der Waals surface area contributed by atoms with Gasteiger partial charge in [0.05, 0.1) is 15.2 Å². The molecule has 10 heteroatoms. The Bertz CT molecular complexity index is 944. The summed E-state index contributed by atoms with van der Waals surface area (Å²) in [6, 6.07) is 7.05. The highest BCUT2D eigenvalue weighted by molar-refractivity contribution is 7.93. The zero-order valence-electron chi connectivity index (χ0n) is 14.3. The van der Waals surface area contributed by atoms with Crippen molar-refractivity contribution in [3.8, 4) is 0 Å². The number of pyridine rings is 1. The molecule has 0 radical (unpaired) electrons. The van der Waals surface area contributed by atoms with Crippen molar-refractivity contribution < 1.29 is 13.2 Å². The monoisotopic (exact) mass is 426 g/mol. The van der Waals surface area contributed by atoms with Crippen LogP contribution in [0.15, 0.2) is 41.6 Å². The second-order valence-electron chi connectivity index (χ2n) is 6.06. The number of nitrogens with zero attached hydrogens (tertiary/aromatic N) is 2. The van der Waals surface area contributed by atoms with Crippen molar-refractivity contribution >= 4 is 50.6 Å². The number of carbonyl (C=O) groups excluding carboxylic acids is 1. The van der Waals surface area contributed by atoms with Gasteiger partial charge in [0.2, 0.25) is 15.9 Å². The maximum Gasteiger partial charge on any atom is 0.235 e. The van der Waals surface area contributed by atoms with Crippen LogP contribution in [0.5, 0.6) is 0 Å². The van der Waals surface area contributed by atoms with E-state index in [2.05, 4.69) is 10.3 Å². The van der Waals surface area contributed by atoms with E-state index in [0.717, 1.165) is 5.69 Å². The molecule has 1 unspecified atom stereocenters. The first-order chi connectivity index (χ1) is 12.8. The van der Waals surface area contributed by atoms with Gasteiger partial charge >= 0.3 is 0 Å². The van der Waals surface area contributed by atoms with E-state index in [1.165, 1.54) is 17.4 Å². The number of rotatable bonds is 7. The minimum atomic E-state index is -4.00. The molecule has 2 aromatic heterocycles. The van der Waals surface area contributed by atoms with Crippen LogP contribution in [0.25, 0.3) is 6.08 Å². The molecule has 0 spiro atoms. The van der Waals surface area contributed by atoms with E-state index in [1.807, 2.05) is 12.1 Å². The molecule has 1 fully saturated rings. The van der Waals surface area contributed by atoms with Gasteiger partial charge < -0.3 is 10.2 Å². The van der Waals surface area contributed by atoms with Crippen molar-refractivity contribution in [2.45, 2.75) is 6.42 Å². The molecule has 7 nitrogen and oxygen atoms in total. The van der Waals surface area contributed by atoms with Crippen LogP contribution in [-0.4, -0.2) is 43.8 Å². The minimum absolute atomic E-state index is 0.0596. The molecule has 1 saturated heterocycles. The van der Waals surface area contributed by atoms with Crippen molar-refractivity contribution in [3.05, 3.63) is 50.8 Å². The van der Waals surface area contributed by atoms with Crippen LogP contribution in [0.3, 0.4) is 0 Å². The Balaban J connectivity index is 1.69. The number of amides is 1. The number of aromatic nitrogens is 1. The van der Waals surface area contributed by atoms with Gasteiger partial charge in [-0.25, -0.2) is 13.6 Å².